The number of hydrogen-bond donors (Lipinski definition) is 1. The number of esters is 1. The van der Waals surface area contributed by atoms with Gasteiger partial charge in [0.1, 0.15) is 5.58 Å². The fourth-order valence-corrected chi connectivity index (χ4v) is 2.84. The van der Waals surface area contributed by atoms with E-state index in [9.17, 15) is 4.79 Å². The molecule has 1 N–H and O–H groups in total. The predicted octanol–water partition coefficient (Wildman–Crippen LogP) is 3.46. The molecule has 112 valence electrons. The van der Waals surface area contributed by atoms with E-state index in [1.165, 1.54) is 13.4 Å². The van der Waals surface area contributed by atoms with E-state index < -0.39 is 5.97 Å². The molecule has 0 atom stereocenters. The van der Waals surface area contributed by atoms with E-state index in [0.717, 1.165) is 26.1 Å². The molecule has 0 aliphatic carbocycles. The normalized spacial score (nSPS) is 16.1. The lowest BCUT2D eigenvalue weighted by atomic mass is 10.1. The van der Waals surface area contributed by atoms with Crippen molar-refractivity contribution in [2.45, 2.75) is 18.9 Å². The van der Waals surface area contributed by atoms with Gasteiger partial charge in [0, 0.05) is 30.7 Å². The summed E-state index contributed by atoms with van der Waals surface area (Å²) in [6, 6.07) is 3.81. The summed E-state index contributed by atoms with van der Waals surface area (Å²) in [5.41, 5.74) is 1.63. The van der Waals surface area contributed by atoms with Gasteiger partial charge in [-0.1, -0.05) is 11.6 Å². The summed E-state index contributed by atoms with van der Waals surface area (Å²) in [6.45, 7) is 1.45. The van der Waals surface area contributed by atoms with Crippen molar-refractivity contribution in [2.24, 2.45) is 0 Å². The van der Waals surface area contributed by atoms with Gasteiger partial charge in [0.2, 0.25) is 0 Å². The summed E-state index contributed by atoms with van der Waals surface area (Å²) in [5, 5.41) is 4.39. The Morgan fingerprint density at radius 2 is 2.19 bits per heavy atom. The van der Waals surface area contributed by atoms with Crippen LogP contribution in [0.5, 0.6) is 0 Å². The number of carbonyl (C=O) groups is 1. The molecule has 0 amide bonds. The summed E-state index contributed by atoms with van der Waals surface area (Å²) in [6.07, 6.45) is 3.34. The molecule has 5 nitrogen and oxygen atoms in total. The van der Waals surface area contributed by atoms with E-state index in [-0.39, 0.29) is 6.04 Å². The third-order valence-electron chi connectivity index (χ3n) is 3.67. The fourth-order valence-electron chi connectivity index (χ4n) is 2.56. The summed E-state index contributed by atoms with van der Waals surface area (Å²) in [7, 11) is 1.34. The van der Waals surface area contributed by atoms with Gasteiger partial charge in [-0.3, -0.25) is 0 Å². The van der Waals surface area contributed by atoms with Crippen LogP contribution in [-0.2, 0) is 9.47 Å². The van der Waals surface area contributed by atoms with Crippen LogP contribution < -0.4 is 5.32 Å². The molecule has 2 aromatic rings. The number of nitrogens with one attached hydrogen (secondary N) is 1. The van der Waals surface area contributed by atoms with Crippen molar-refractivity contribution in [3.05, 3.63) is 29.0 Å². The number of furan rings is 1. The molecule has 6 heteroatoms. The van der Waals surface area contributed by atoms with Crippen LogP contribution in [0.3, 0.4) is 0 Å². The van der Waals surface area contributed by atoms with Crippen molar-refractivity contribution in [2.75, 3.05) is 25.6 Å². The van der Waals surface area contributed by atoms with Crippen LogP contribution in [0.1, 0.15) is 23.2 Å². The Hall–Kier alpha value is -1.72. The number of hydrogen-bond acceptors (Lipinski definition) is 5. The van der Waals surface area contributed by atoms with Gasteiger partial charge in [-0.15, -0.1) is 0 Å². The number of benzene rings is 1. The van der Waals surface area contributed by atoms with Gasteiger partial charge >= 0.3 is 5.97 Å². The molecule has 1 saturated heterocycles. The monoisotopic (exact) mass is 309 g/mol. The molecule has 0 saturated carbocycles. The Labute approximate surface area is 127 Å². The van der Waals surface area contributed by atoms with Gasteiger partial charge in [-0.2, -0.15) is 0 Å². The van der Waals surface area contributed by atoms with E-state index in [1.807, 2.05) is 6.07 Å². The van der Waals surface area contributed by atoms with E-state index in [1.54, 1.807) is 6.07 Å². The first-order valence-electron chi connectivity index (χ1n) is 6.83. The number of rotatable bonds is 3. The highest BCUT2D eigenvalue weighted by Crippen LogP contribution is 2.35. The third-order valence-corrected chi connectivity index (χ3v) is 4.06. The second-order valence-electron chi connectivity index (χ2n) is 4.97. The predicted molar refractivity (Wildman–Crippen MR) is 80.0 cm³/mol. The quantitative estimate of drug-likeness (QED) is 0.880. The Morgan fingerprint density at radius 1 is 1.43 bits per heavy atom. The first kappa shape index (κ1) is 14.2. The van der Waals surface area contributed by atoms with E-state index in [2.05, 4.69) is 5.32 Å². The van der Waals surface area contributed by atoms with E-state index >= 15 is 0 Å². The minimum absolute atomic E-state index is 0.272. The van der Waals surface area contributed by atoms with Crippen molar-refractivity contribution in [3.8, 4) is 0 Å². The Kier molecular flexibility index (Phi) is 4.03. The molecule has 3 rings (SSSR count). The first-order chi connectivity index (χ1) is 10.2. The average molecular weight is 310 g/mol. The van der Waals surface area contributed by atoms with Crippen molar-refractivity contribution in [3.63, 3.8) is 0 Å². The summed E-state index contributed by atoms with van der Waals surface area (Å²) >= 11 is 6.40. The molecule has 0 spiro atoms. The van der Waals surface area contributed by atoms with E-state index in [4.69, 9.17) is 25.5 Å². The molecule has 1 aromatic carbocycles. The Morgan fingerprint density at radius 3 is 2.90 bits per heavy atom. The molecule has 0 radical (unpaired) electrons. The molecule has 1 fully saturated rings. The molecule has 0 unspecified atom stereocenters. The van der Waals surface area contributed by atoms with E-state index in [0.29, 0.717) is 27.2 Å². The lowest BCUT2D eigenvalue weighted by Crippen LogP contribution is -2.28. The van der Waals surface area contributed by atoms with Crippen molar-refractivity contribution < 1.29 is 18.7 Å². The molecule has 21 heavy (non-hydrogen) atoms. The lowest BCUT2D eigenvalue weighted by Gasteiger charge is -2.25. The lowest BCUT2D eigenvalue weighted by molar-refractivity contribution is 0.0603. The van der Waals surface area contributed by atoms with Crippen LogP contribution in [0.2, 0.25) is 5.02 Å². The van der Waals surface area contributed by atoms with Gasteiger partial charge in [0.15, 0.2) is 0 Å². The standard InChI is InChI=1S/C15H16ClNO4/c1-19-15(18)13-10-4-7-21-12(10)8-11(14(13)16)17-9-2-5-20-6-3-9/h4,7-9,17H,2-3,5-6H2,1H3. The molecule has 2 heterocycles. The maximum Gasteiger partial charge on any atom is 0.340 e. The summed E-state index contributed by atoms with van der Waals surface area (Å²) in [4.78, 5) is 12.0. The Bertz CT molecular complexity index is 661. The number of anilines is 1. The summed E-state index contributed by atoms with van der Waals surface area (Å²) < 4.78 is 15.6. The van der Waals surface area contributed by atoms with Gasteiger partial charge < -0.3 is 19.2 Å². The van der Waals surface area contributed by atoms with Crippen LogP contribution in [0.4, 0.5) is 5.69 Å². The van der Waals surface area contributed by atoms with Gasteiger partial charge in [0.05, 0.1) is 29.6 Å². The molecular formula is C15H16ClNO4. The molecule has 1 aliphatic heterocycles. The smallest absolute Gasteiger partial charge is 0.340 e. The maximum atomic E-state index is 12.0. The van der Waals surface area contributed by atoms with Crippen LogP contribution in [0, 0.1) is 0 Å². The highest BCUT2D eigenvalue weighted by atomic mass is 35.5. The third kappa shape index (κ3) is 2.71. The maximum absolute atomic E-state index is 12.0. The Balaban J connectivity index is 2.01. The molecule has 1 aromatic heterocycles. The zero-order valence-corrected chi connectivity index (χ0v) is 12.4. The molecular weight excluding hydrogens is 294 g/mol. The largest absolute Gasteiger partial charge is 0.465 e. The number of halogens is 1. The highest BCUT2D eigenvalue weighted by molar-refractivity contribution is 6.38. The minimum atomic E-state index is -0.470. The highest BCUT2D eigenvalue weighted by Gasteiger charge is 2.22. The number of carbonyl (C=O) groups excluding carboxylic acids is 1. The zero-order valence-electron chi connectivity index (χ0n) is 11.6. The van der Waals surface area contributed by atoms with Gasteiger partial charge in [-0.05, 0) is 18.9 Å². The second kappa shape index (κ2) is 5.95. The van der Waals surface area contributed by atoms with Crippen molar-refractivity contribution in [1.82, 2.24) is 0 Å². The zero-order chi connectivity index (χ0) is 14.8. The van der Waals surface area contributed by atoms with Crippen LogP contribution in [0.25, 0.3) is 11.0 Å². The first-order valence-corrected chi connectivity index (χ1v) is 7.21. The molecule has 0 bridgehead atoms. The van der Waals surface area contributed by atoms with Gasteiger partial charge in [0.25, 0.3) is 0 Å². The van der Waals surface area contributed by atoms with Crippen LogP contribution >= 0.6 is 11.6 Å². The van der Waals surface area contributed by atoms with Crippen molar-refractivity contribution in [1.29, 1.82) is 0 Å². The summed E-state index contributed by atoms with van der Waals surface area (Å²) in [5.74, 6) is -0.470. The second-order valence-corrected chi connectivity index (χ2v) is 5.35. The fraction of sp³-hybridized carbons (Fsp3) is 0.400. The SMILES string of the molecule is COC(=O)c1c(Cl)c(NC2CCOCC2)cc2occc12. The molecule has 1 aliphatic rings. The van der Waals surface area contributed by atoms with Crippen molar-refractivity contribution >= 4 is 34.2 Å². The average Bonchev–Trinajstić information content (AvgIpc) is 2.96. The van der Waals surface area contributed by atoms with Crippen LogP contribution in [0.15, 0.2) is 22.8 Å². The number of fused-ring (bicyclic) bond motifs is 1. The minimum Gasteiger partial charge on any atom is -0.465 e. The topological polar surface area (TPSA) is 60.7 Å². The number of methoxy groups -OCH3 is 1. The van der Waals surface area contributed by atoms with Gasteiger partial charge in [-0.25, -0.2) is 4.79 Å². The van der Waals surface area contributed by atoms with Crippen LogP contribution in [-0.4, -0.2) is 32.3 Å². The number of ether oxygens (including phenoxy) is 2.